The Balaban J connectivity index is 1.04. The Labute approximate surface area is 319 Å². The van der Waals surface area contributed by atoms with Crippen molar-refractivity contribution in [2.24, 2.45) is 0 Å². The highest BCUT2D eigenvalue weighted by Gasteiger charge is 2.34. The maximum Gasteiger partial charge on any atom is 0.243 e. The summed E-state index contributed by atoms with van der Waals surface area (Å²) in [4.78, 5) is 28.6. The number of carbonyl (C=O) groups excluding carboxylic acids is 2. The molecule has 2 amide bonds. The molecule has 0 radical (unpaired) electrons. The van der Waals surface area contributed by atoms with Crippen LogP contribution in [0.2, 0.25) is 0 Å². The van der Waals surface area contributed by atoms with Crippen molar-refractivity contribution < 1.29 is 29.4 Å². The molecule has 2 heterocycles. The van der Waals surface area contributed by atoms with E-state index in [4.69, 9.17) is 14.7 Å². The number of aliphatic hydroxyl groups excluding tert-OH is 1. The molecule has 0 spiro atoms. The highest BCUT2D eigenvalue weighted by molar-refractivity contribution is 5.76. The van der Waals surface area contributed by atoms with Gasteiger partial charge in [0, 0.05) is 70.6 Å². The van der Waals surface area contributed by atoms with Gasteiger partial charge < -0.3 is 19.9 Å². The van der Waals surface area contributed by atoms with Crippen molar-refractivity contribution in [3.05, 3.63) is 131 Å². The molecule has 10 nitrogen and oxygen atoms in total. The van der Waals surface area contributed by atoms with Crippen LogP contribution in [0.5, 0.6) is 0 Å². The Hall–Kier alpha value is -4.42. The van der Waals surface area contributed by atoms with Gasteiger partial charge >= 0.3 is 0 Å². The normalized spacial score (nSPS) is 19.3. The van der Waals surface area contributed by atoms with Crippen LogP contribution in [0, 0.1) is 0 Å². The molecule has 0 unspecified atom stereocenters. The summed E-state index contributed by atoms with van der Waals surface area (Å²) in [5.74, 6) is -0.366. The molecule has 6 rings (SSSR count). The molecule has 0 aromatic heterocycles. The molecule has 2 aliphatic heterocycles. The van der Waals surface area contributed by atoms with Gasteiger partial charge in [-0.05, 0) is 52.3 Å². The maximum atomic E-state index is 12.5. The third-order valence-corrected chi connectivity index (χ3v) is 10.4. The summed E-state index contributed by atoms with van der Waals surface area (Å²) in [5.41, 5.74) is 9.09. The second-order valence-corrected chi connectivity index (χ2v) is 14.5. The molecular weight excluding hydrogens is 681 g/mol. The fraction of sp³-hybridized carbons (Fsp3) is 0.409. The van der Waals surface area contributed by atoms with Crippen molar-refractivity contribution in [1.82, 2.24) is 20.6 Å². The number of hydrogen-bond donors (Lipinski definition) is 4. The lowest BCUT2D eigenvalue weighted by atomic mass is 9.98. The van der Waals surface area contributed by atoms with Crippen LogP contribution in [0.3, 0.4) is 0 Å². The molecule has 3 atom stereocenters. The molecule has 286 valence electrons. The van der Waals surface area contributed by atoms with E-state index >= 15 is 0 Å². The van der Waals surface area contributed by atoms with Crippen LogP contribution in [0.4, 0.5) is 0 Å². The van der Waals surface area contributed by atoms with Crippen molar-refractivity contribution in [3.8, 4) is 11.1 Å². The van der Waals surface area contributed by atoms with E-state index in [0.29, 0.717) is 25.8 Å². The Morgan fingerprint density at radius 2 is 1.33 bits per heavy atom. The molecule has 54 heavy (non-hydrogen) atoms. The largest absolute Gasteiger partial charge is 0.392 e. The number of rotatable bonds is 17. The number of hydrogen-bond acceptors (Lipinski definition) is 8. The van der Waals surface area contributed by atoms with Gasteiger partial charge in [-0.2, -0.15) is 0 Å². The van der Waals surface area contributed by atoms with Crippen molar-refractivity contribution in [3.63, 3.8) is 0 Å². The van der Waals surface area contributed by atoms with Crippen LogP contribution >= 0.6 is 0 Å². The number of ether oxygens (including phenoxy) is 2. The van der Waals surface area contributed by atoms with Crippen LogP contribution < -0.4 is 10.8 Å². The lowest BCUT2D eigenvalue weighted by Crippen LogP contribution is -2.49. The van der Waals surface area contributed by atoms with E-state index in [2.05, 4.69) is 94.0 Å². The average Bonchev–Trinajstić information content (AvgIpc) is 3.22. The number of unbranched alkanes of at least 4 members (excludes halogenated alkanes) is 3. The first-order chi connectivity index (χ1) is 26.4. The third-order valence-electron chi connectivity index (χ3n) is 10.4. The van der Waals surface area contributed by atoms with Gasteiger partial charge in [-0.25, -0.2) is 5.48 Å². The highest BCUT2D eigenvalue weighted by atomic mass is 16.7. The summed E-state index contributed by atoms with van der Waals surface area (Å²) in [6.45, 7) is 6.34. The summed E-state index contributed by atoms with van der Waals surface area (Å²) >= 11 is 0. The molecular formula is C44H54N4O6. The van der Waals surface area contributed by atoms with Crippen LogP contribution in [0.15, 0.2) is 103 Å². The van der Waals surface area contributed by atoms with Gasteiger partial charge in [-0.1, -0.05) is 110 Å². The molecule has 4 aromatic rings. The minimum Gasteiger partial charge on any atom is -0.392 e. The fourth-order valence-corrected chi connectivity index (χ4v) is 7.26. The summed E-state index contributed by atoms with van der Waals surface area (Å²) in [6, 6.07) is 35.3. The van der Waals surface area contributed by atoms with E-state index in [1.165, 1.54) is 5.56 Å². The zero-order valence-corrected chi connectivity index (χ0v) is 31.1. The topological polar surface area (TPSA) is 124 Å². The van der Waals surface area contributed by atoms with Crippen molar-refractivity contribution >= 4 is 11.8 Å². The number of benzene rings is 4. The highest BCUT2D eigenvalue weighted by Crippen LogP contribution is 2.39. The van der Waals surface area contributed by atoms with Crippen LogP contribution in [-0.2, 0) is 38.8 Å². The van der Waals surface area contributed by atoms with Gasteiger partial charge in [0.15, 0.2) is 6.29 Å². The SMILES string of the molecule is O=C(CCCCCCC(=O)NCc1cccc(-c2ccc([C@H]3O[C@@H](CN4CCN(Cc5ccccc5)CC4)C[C@@H](c4ccc(CO)cc4)O3)cc2)c1)NO. The molecule has 4 aromatic carbocycles. The molecule has 0 saturated carbocycles. The maximum absolute atomic E-state index is 12.5. The van der Waals surface area contributed by atoms with Crippen molar-refractivity contribution in [2.75, 3.05) is 32.7 Å². The van der Waals surface area contributed by atoms with E-state index in [1.54, 1.807) is 5.48 Å². The van der Waals surface area contributed by atoms with E-state index < -0.39 is 6.29 Å². The smallest absolute Gasteiger partial charge is 0.243 e. The number of carbonyl (C=O) groups is 2. The van der Waals surface area contributed by atoms with E-state index in [9.17, 15) is 14.7 Å². The number of piperazine rings is 1. The van der Waals surface area contributed by atoms with Gasteiger partial charge in [0.05, 0.1) is 18.8 Å². The van der Waals surface area contributed by atoms with Gasteiger partial charge in [-0.3, -0.25) is 24.6 Å². The fourth-order valence-electron chi connectivity index (χ4n) is 7.26. The number of aliphatic hydroxyl groups is 1. The Bertz CT molecular complexity index is 1750. The number of amides is 2. The van der Waals surface area contributed by atoms with Crippen LogP contribution in [-0.4, -0.2) is 70.8 Å². The summed E-state index contributed by atoms with van der Waals surface area (Å²) < 4.78 is 13.3. The van der Waals surface area contributed by atoms with Gasteiger partial charge in [0.1, 0.15) is 0 Å². The zero-order chi connectivity index (χ0) is 37.5. The van der Waals surface area contributed by atoms with Gasteiger partial charge in [-0.15, -0.1) is 0 Å². The average molecular weight is 735 g/mol. The predicted molar refractivity (Wildman–Crippen MR) is 208 cm³/mol. The van der Waals surface area contributed by atoms with E-state index in [0.717, 1.165) is 98.3 Å². The summed E-state index contributed by atoms with van der Waals surface area (Å²) in [5, 5.41) is 21.2. The van der Waals surface area contributed by atoms with Gasteiger partial charge in [0.25, 0.3) is 0 Å². The molecule has 0 aliphatic carbocycles. The minimum absolute atomic E-state index is 0.00129. The van der Waals surface area contributed by atoms with Crippen molar-refractivity contribution in [2.45, 2.75) is 83.1 Å². The zero-order valence-electron chi connectivity index (χ0n) is 31.1. The lowest BCUT2D eigenvalue weighted by Gasteiger charge is -2.40. The standard InChI is InChI=1S/C44H54N4O6/c49-32-34-15-17-37(18-16-34)41-28-40(31-48-25-23-47(24-26-48)30-33-9-4-3-5-10-33)53-44(54-41)38-21-19-36(20-22-38)39-12-8-11-35(27-39)29-45-42(50)13-6-1-2-7-14-43(51)46-52/h3-5,8-12,15-22,27,40-41,44,49,52H,1-2,6-7,13-14,23-26,28-32H2,(H,45,50)(H,46,51)/t40-,41+,44+/m1/s1. The first kappa shape index (κ1) is 39.3. The second kappa shape index (κ2) is 20.3. The van der Waals surface area contributed by atoms with E-state index in [-0.39, 0.29) is 30.6 Å². The number of nitrogens with one attached hydrogen (secondary N) is 2. The number of nitrogens with zero attached hydrogens (tertiary/aromatic N) is 2. The molecule has 4 N–H and O–H groups in total. The third kappa shape index (κ3) is 11.8. The van der Waals surface area contributed by atoms with Gasteiger partial charge in [0.2, 0.25) is 11.8 Å². The molecule has 2 saturated heterocycles. The first-order valence-corrected chi connectivity index (χ1v) is 19.3. The summed E-state index contributed by atoms with van der Waals surface area (Å²) in [6.07, 6.45) is 4.00. The number of hydroxylamine groups is 1. The molecule has 2 aliphatic rings. The molecule has 2 fully saturated rings. The lowest BCUT2D eigenvalue weighted by molar-refractivity contribution is -0.253. The monoisotopic (exact) mass is 734 g/mol. The molecule has 10 heteroatoms. The Morgan fingerprint density at radius 1 is 0.667 bits per heavy atom. The summed E-state index contributed by atoms with van der Waals surface area (Å²) in [7, 11) is 0. The molecule has 0 bridgehead atoms. The quantitative estimate of drug-likeness (QED) is 0.0539. The van der Waals surface area contributed by atoms with E-state index in [1.807, 2.05) is 24.3 Å². The predicted octanol–water partition coefficient (Wildman–Crippen LogP) is 6.67. The van der Waals surface area contributed by atoms with Crippen molar-refractivity contribution in [1.29, 1.82) is 0 Å². The Kier molecular flexibility index (Phi) is 14.8. The minimum atomic E-state index is -0.513. The second-order valence-electron chi connectivity index (χ2n) is 14.5. The Morgan fingerprint density at radius 3 is 2.04 bits per heavy atom. The van der Waals surface area contributed by atoms with Crippen LogP contribution in [0.25, 0.3) is 11.1 Å². The van der Waals surface area contributed by atoms with Crippen LogP contribution in [0.1, 0.15) is 85.2 Å². The first-order valence-electron chi connectivity index (χ1n) is 19.3.